The summed E-state index contributed by atoms with van der Waals surface area (Å²) in [5.41, 5.74) is 9.80. The fourth-order valence-electron chi connectivity index (χ4n) is 3.91. The molecule has 1 atom stereocenters. The highest BCUT2D eigenvalue weighted by Gasteiger charge is 2.31. The van der Waals surface area contributed by atoms with Crippen molar-refractivity contribution >= 4 is 15.8 Å². The van der Waals surface area contributed by atoms with Crippen LogP contribution in [0.25, 0.3) is 22.5 Å². The summed E-state index contributed by atoms with van der Waals surface area (Å²) in [5, 5.41) is 4.35. The molecular formula is C22H28N6O3S. The van der Waals surface area contributed by atoms with E-state index in [1.807, 2.05) is 34.0 Å². The molecule has 1 saturated heterocycles. The van der Waals surface area contributed by atoms with Gasteiger partial charge >= 0.3 is 0 Å². The number of nitrogens with zero attached hydrogens (tertiary/aromatic N) is 4. The molecule has 32 heavy (non-hydrogen) atoms. The van der Waals surface area contributed by atoms with Gasteiger partial charge in [-0.05, 0) is 51.3 Å². The summed E-state index contributed by atoms with van der Waals surface area (Å²) in [4.78, 5) is 9.19. The second-order valence-corrected chi connectivity index (χ2v) is 10.3. The number of ether oxygens (including phenoxy) is 1. The molecule has 0 amide bonds. The summed E-state index contributed by atoms with van der Waals surface area (Å²) in [7, 11) is -1.90. The Morgan fingerprint density at radius 2 is 2.06 bits per heavy atom. The van der Waals surface area contributed by atoms with Crippen molar-refractivity contribution in [3.8, 4) is 22.5 Å². The van der Waals surface area contributed by atoms with Gasteiger partial charge in [0.05, 0.1) is 28.1 Å². The highest BCUT2D eigenvalue weighted by Crippen LogP contribution is 2.31. The number of hydrogen-bond acceptors (Lipinski definition) is 7. The van der Waals surface area contributed by atoms with Crippen LogP contribution in [0, 0.1) is 13.8 Å². The summed E-state index contributed by atoms with van der Waals surface area (Å²) in [5.74, 6) is 0.290. The number of rotatable bonds is 6. The third-order valence-corrected chi connectivity index (χ3v) is 7.20. The van der Waals surface area contributed by atoms with Crippen LogP contribution in [-0.4, -0.2) is 46.9 Å². The van der Waals surface area contributed by atoms with Crippen molar-refractivity contribution in [3.63, 3.8) is 0 Å². The number of aromatic nitrogens is 4. The first-order chi connectivity index (χ1) is 15.1. The van der Waals surface area contributed by atoms with E-state index in [9.17, 15) is 8.42 Å². The van der Waals surface area contributed by atoms with Crippen LogP contribution in [0.5, 0.6) is 0 Å². The molecule has 0 radical (unpaired) electrons. The quantitative estimate of drug-likeness (QED) is 0.584. The van der Waals surface area contributed by atoms with E-state index < -0.39 is 15.6 Å². The smallest absolute Gasteiger partial charge is 0.240 e. The molecular weight excluding hydrogens is 428 g/mol. The standard InChI is InChI=1S/C22H28N6O3S/c1-14-6-7-16(32(29,30)25-13-22(3)8-5-9-31-22)10-17(14)19-11-24-21(23)20(26-19)18-12-28(4)27-15(18)2/h6-7,10-12,25H,5,8-9,13H2,1-4H3,(H2,23,24). The van der Waals surface area contributed by atoms with Crippen molar-refractivity contribution in [3.05, 3.63) is 41.9 Å². The third-order valence-electron chi connectivity index (χ3n) is 5.80. The van der Waals surface area contributed by atoms with E-state index in [1.54, 1.807) is 29.1 Å². The maximum absolute atomic E-state index is 13.0. The van der Waals surface area contributed by atoms with Gasteiger partial charge in [-0.1, -0.05) is 6.07 Å². The second kappa shape index (κ2) is 8.27. The van der Waals surface area contributed by atoms with Crippen LogP contribution in [0.1, 0.15) is 31.0 Å². The summed E-state index contributed by atoms with van der Waals surface area (Å²) < 4.78 is 36.0. The zero-order valence-corrected chi connectivity index (χ0v) is 19.5. The molecule has 1 aliphatic rings. The largest absolute Gasteiger partial charge is 0.382 e. The van der Waals surface area contributed by atoms with E-state index >= 15 is 0 Å². The number of hydrogen-bond donors (Lipinski definition) is 2. The zero-order valence-electron chi connectivity index (χ0n) is 18.7. The maximum atomic E-state index is 13.0. The molecule has 1 fully saturated rings. The molecule has 1 aliphatic heterocycles. The number of nitrogens with two attached hydrogens (primary N) is 1. The number of sulfonamides is 1. The van der Waals surface area contributed by atoms with Gasteiger partial charge in [-0.3, -0.25) is 4.68 Å². The van der Waals surface area contributed by atoms with Crippen LogP contribution in [0.3, 0.4) is 0 Å². The zero-order chi connectivity index (χ0) is 23.1. The second-order valence-electron chi connectivity index (χ2n) is 8.49. The highest BCUT2D eigenvalue weighted by atomic mass is 32.2. The van der Waals surface area contributed by atoms with Crippen LogP contribution in [0.2, 0.25) is 0 Å². The molecule has 2 aromatic heterocycles. The van der Waals surface area contributed by atoms with Gasteiger partial charge in [-0.15, -0.1) is 0 Å². The summed E-state index contributed by atoms with van der Waals surface area (Å²) in [6.45, 7) is 6.59. The van der Waals surface area contributed by atoms with E-state index in [2.05, 4.69) is 14.8 Å². The predicted octanol–water partition coefficient (Wildman–Crippen LogP) is 2.59. The molecule has 3 heterocycles. The van der Waals surface area contributed by atoms with Gasteiger partial charge in [0.2, 0.25) is 10.0 Å². The van der Waals surface area contributed by atoms with E-state index in [0.717, 1.165) is 29.7 Å². The average Bonchev–Trinajstić information content (AvgIpc) is 3.32. The normalized spacial score (nSPS) is 18.9. The van der Waals surface area contributed by atoms with Crippen molar-refractivity contribution in [2.75, 3.05) is 18.9 Å². The Kier molecular flexibility index (Phi) is 5.78. The Hall–Kier alpha value is -2.82. The van der Waals surface area contributed by atoms with Gasteiger partial charge in [-0.2, -0.15) is 5.10 Å². The molecule has 170 valence electrons. The SMILES string of the molecule is Cc1ccc(S(=O)(=O)NCC2(C)CCCO2)cc1-c1cnc(N)c(-c2cn(C)nc2C)n1. The van der Waals surface area contributed by atoms with Crippen LogP contribution in [-0.2, 0) is 21.8 Å². The monoisotopic (exact) mass is 456 g/mol. The van der Waals surface area contributed by atoms with Crippen LogP contribution < -0.4 is 10.5 Å². The molecule has 3 aromatic rings. The van der Waals surface area contributed by atoms with Crippen molar-refractivity contribution in [1.29, 1.82) is 0 Å². The summed E-state index contributed by atoms with van der Waals surface area (Å²) >= 11 is 0. The van der Waals surface area contributed by atoms with E-state index in [1.165, 1.54) is 0 Å². The van der Waals surface area contributed by atoms with Crippen LogP contribution in [0.15, 0.2) is 35.5 Å². The number of anilines is 1. The molecule has 4 rings (SSSR count). The Morgan fingerprint density at radius 1 is 1.28 bits per heavy atom. The molecule has 1 unspecified atom stereocenters. The van der Waals surface area contributed by atoms with Crippen LogP contribution in [0.4, 0.5) is 5.82 Å². The lowest BCUT2D eigenvalue weighted by Crippen LogP contribution is -2.40. The first kappa shape index (κ1) is 22.4. The minimum Gasteiger partial charge on any atom is -0.382 e. The molecule has 1 aromatic carbocycles. The lowest BCUT2D eigenvalue weighted by atomic mass is 10.0. The molecule has 0 saturated carbocycles. The fourth-order valence-corrected chi connectivity index (χ4v) is 5.09. The Morgan fingerprint density at radius 3 is 2.72 bits per heavy atom. The molecule has 9 nitrogen and oxygen atoms in total. The third kappa shape index (κ3) is 4.38. The number of benzene rings is 1. The summed E-state index contributed by atoms with van der Waals surface area (Å²) in [6.07, 6.45) is 5.15. The number of nitrogen functional groups attached to an aromatic ring is 1. The molecule has 3 N–H and O–H groups in total. The van der Waals surface area contributed by atoms with Gasteiger partial charge in [0.15, 0.2) is 0 Å². The lowest BCUT2D eigenvalue weighted by molar-refractivity contribution is 0.0250. The Bertz CT molecular complexity index is 1260. The van der Waals surface area contributed by atoms with Crippen molar-refractivity contribution in [2.24, 2.45) is 7.05 Å². The molecule has 0 spiro atoms. The van der Waals surface area contributed by atoms with Gasteiger partial charge in [-0.25, -0.2) is 23.1 Å². The topological polar surface area (TPSA) is 125 Å². The van der Waals surface area contributed by atoms with Gasteiger partial charge in [0.25, 0.3) is 0 Å². The molecule has 10 heteroatoms. The van der Waals surface area contributed by atoms with Crippen LogP contribution >= 0.6 is 0 Å². The first-order valence-electron chi connectivity index (χ1n) is 10.5. The fraction of sp³-hybridized carbons (Fsp3) is 0.409. The van der Waals surface area contributed by atoms with Gasteiger partial charge < -0.3 is 10.5 Å². The average molecular weight is 457 g/mol. The number of nitrogens with one attached hydrogen (secondary N) is 1. The van der Waals surface area contributed by atoms with Crippen molar-refractivity contribution in [1.82, 2.24) is 24.5 Å². The predicted molar refractivity (Wildman–Crippen MR) is 122 cm³/mol. The minimum absolute atomic E-state index is 0.164. The maximum Gasteiger partial charge on any atom is 0.240 e. The summed E-state index contributed by atoms with van der Waals surface area (Å²) in [6, 6.07) is 4.98. The molecule has 0 aliphatic carbocycles. The van der Waals surface area contributed by atoms with E-state index in [-0.39, 0.29) is 17.3 Å². The minimum atomic E-state index is -3.72. The van der Waals surface area contributed by atoms with Gasteiger partial charge in [0, 0.05) is 37.5 Å². The highest BCUT2D eigenvalue weighted by molar-refractivity contribution is 7.89. The molecule has 0 bridgehead atoms. The Balaban J connectivity index is 1.69. The van der Waals surface area contributed by atoms with Crippen molar-refractivity contribution < 1.29 is 13.2 Å². The lowest BCUT2D eigenvalue weighted by Gasteiger charge is -2.23. The Labute approximate surface area is 188 Å². The van der Waals surface area contributed by atoms with E-state index in [0.29, 0.717) is 23.6 Å². The van der Waals surface area contributed by atoms with Gasteiger partial charge in [0.1, 0.15) is 11.5 Å². The van der Waals surface area contributed by atoms with Crippen molar-refractivity contribution in [2.45, 2.75) is 44.1 Å². The first-order valence-corrected chi connectivity index (χ1v) is 11.9. The van der Waals surface area contributed by atoms with E-state index in [4.69, 9.17) is 15.5 Å². The number of aryl methyl sites for hydroxylation is 3.